The van der Waals surface area contributed by atoms with Gasteiger partial charge in [0, 0.05) is 62.2 Å². The maximum absolute atomic E-state index is 14.2. The van der Waals surface area contributed by atoms with Crippen molar-refractivity contribution in [1.29, 1.82) is 0 Å². The van der Waals surface area contributed by atoms with E-state index in [9.17, 15) is 41.9 Å². The molecule has 414 valence electrons. The summed E-state index contributed by atoms with van der Waals surface area (Å²) in [6.45, 7) is 13.2. The van der Waals surface area contributed by atoms with Gasteiger partial charge in [-0.05, 0) is 73.9 Å². The van der Waals surface area contributed by atoms with Crippen molar-refractivity contribution < 1.29 is 65.6 Å². The number of hydrogen-bond donors (Lipinski definition) is 4. The summed E-state index contributed by atoms with van der Waals surface area (Å²) >= 11 is 0. The number of alkyl carbamates (subject to hydrolysis) is 2. The lowest BCUT2D eigenvalue weighted by Gasteiger charge is -2.45. The number of H-pyrrole nitrogens is 1. The Balaban J connectivity index is 0.916. The van der Waals surface area contributed by atoms with Gasteiger partial charge in [-0.25, -0.2) is 19.6 Å². The largest absolute Gasteiger partial charge is 0.573 e. The zero-order chi connectivity index (χ0) is 55.6. The number of likely N-dealkylation sites (tertiary alicyclic amines) is 2. The van der Waals surface area contributed by atoms with Gasteiger partial charge < -0.3 is 64.2 Å². The van der Waals surface area contributed by atoms with Crippen LogP contribution in [-0.4, -0.2) is 161 Å². The topological polar surface area (TPSA) is 239 Å². The second-order valence-electron chi connectivity index (χ2n) is 20.5. The molecule has 77 heavy (non-hydrogen) atoms. The first-order chi connectivity index (χ1) is 36.5. The van der Waals surface area contributed by atoms with Gasteiger partial charge in [-0.2, -0.15) is 0 Å². The number of carbonyl (C=O) groups is 6. The average molecular weight is 1080 g/mol. The summed E-state index contributed by atoms with van der Waals surface area (Å²) in [5.41, 5.74) is 0.723. The van der Waals surface area contributed by atoms with E-state index in [0.717, 1.165) is 6.07 Å². The number of nitrogens with zero attached hydrogens (tertiary/aromatic N) is 6. The monoisotopic (exact) mass is 1070 g/mol. The summed E-state index contributed by atoms with van der Waals surface area (Å²) in [4.78, 5) is 99.1. The number of hydrogen-bond acceptors (Lipinski definition) is 14. The Hall–Kier alpha value is -7.47. The second kappa shape index (κ2) is 22.6. The van der Waals surface area contributed by atoms with Crippen LogP contribution in [0, 0.1) is 11.8 Å². The van der Waals surface area contributed by atoms with E-state index in [-0.39, 0.29) is 65.4 Å². The molecule has 0 bridgehead atoms. The third-order valence-electron chi connectivity index (χ3n) is 14.6. The van der Waals surface area contributed by atoms with Crippen LogP contribution < -0.4 is 25.6 Å². The Morgan fingerprint density at radius 3 is 2.06 bits per heavy atom. The van der Waals surface area contributed by atoms with Gasteiger partial charge in [-0.1, -0.05) is 52.0 Å². The summed E-state index contributed by atoms with van der Waals surface area (Å²) in [6, 6.07) is 11.2. The molecule has 2 aromatic heterocycles. The third kappa shape index (κ3) is 12.1. The first-order valence-electron chi connectivity index (χ1n) is 25.5. The highest BCUT2D eigenvalue weighted by Gasteiger charge is 2.53. The number of ether oxygens (including phenoxy) is 5. The Bertz CT molecular complexity index is 2820. The number of carbonyl (C=O) groups excluding carboxylic acids is 6. The van der Waals surface area contributed by atoms with Crippen molar-refractivity contribution in [2.24, 2.45) is 11.8 Å². The van der Waals surface area contributed by atoms with Crippen LogP contribution in [0.15, 0.2) is 67.0 Å². The van der Waals surface area contributed by atoms with Crippen LogP contribution in [-0.2, 0) is 33.3 Å². The molecule has 0 aliphatic carbocycles. The number of amides is 6. The molecule has 21 nitrogen and oxygen atoms in total. The molecule has 6 heterocycles. The number of nitrogens with one attached hydrogen (secondary N) is 4. The SMILES string of the molecule is COC(=O)N[C@H](C(=O)N1CC2(C[C@H]1c1ncc(-c3ccc(-c4ccc(NC(=O)c5ccc(N6CCN(C(=O)[C@]7(C)CCCN7C(=O)[C@@H](NC(=O)OC)C(C)C)C[C@H]6C)nc5)cc4OC(F)(F)F)cc3)[nH]1)OCCO2)C(C)C. The molecule has 1 spiro atoms. The molecule has 2 aromatic carbocycles. The number of benzene rings is 2. The highest BCUT2D eigenvalue weighted by Crippen LogP contribution is 2.43. The van der Waals surface area contributed by atoms with E-state index < -0.39 is 59.7 Å². The first kappa shape index (κ1) is 55.8. The summed E-state index contributed by atoms with van der Waals surface area (Å²) in [5, 5.41) is 7.89. The van der Waals surface area contributed by atoms with E-state index in [2.05, 4.69) is 35.6 Å². The molecule has 4 saturated heterocycles. The highest BCUT2D eigenvalue weighted by atomic mass is 19.4. The Kier molecular flexibility index (Phi) is 16.4. The van der Waals surface area contributed by atoms with Gasteiger partial charge in [-0.3, -0.25) is 19.2 Å². The molecule has 4 aliphatic heterocycles. The van der Waals surface area contributed by atoms with E-state index in [1.54, 1.807) is 78.1 Å². The molecular formula is C53H65F3N10O11. The lowest BCUT2D eigenvalue weighted by atomic mass is 9.93. The standard InChI is InChI=1S/C53H65F3N10O11/c1-30(2)42(61-49(71)73-7)46(68)65-29-52(75-22-23-76-52)25-39(65)44-58-27-38(60-44)34-12-10-33(11-13-34)37-16-15-36(24-40(37)77-53(54,55)56)59-45(67)35-14-17-41(57-26-35)64-21-20-63(28-32(64)5)48(70)51(6)18-9-19-66(51)47(69)43(31(3)4)62-50(72)74-8/h10-17,24,26-27,30-32,39,42-43H,9,18-23,25,28-29H2,1-8H3,(H,58,60)(H,59,67)(H,61,71)(H,62,72)/t32-,39+,42+,43+,51+/m1/s1. The van der Waals surface area contributed by atoms with Gasteiger partial charge in [0.05, 0.1) is 57.5 Å². The minimum absolute atomic E-state index is 0.0317. The number of piperazine rings is 1. The van der Waals surface area contributed by atoms with Crippen molar-refractivity contribution in [3.63, 3.8) is 0 Å². The van der Waals surface area contributed by atoms with E-state index >= 15 is 0 Å². The van der Waals surface area contributed by atoms with Crippen LogP contribution >= 0.6 is 0 Å². The zero-order valence-corrected chi connectivity index (χ0v) is 44.2. The summed E-state index contributed by atoms with van der Waals surface area (Å²) in [5.74, 6) is -2.70. The molecule has 8 rings (SSSR count). The Labute approximate surface area is 443 Å². The summed E-state index contributed by atoms with van der Waals surface area (Å²) in [7, 11) is 2.44. The van der Waals surface area contributed by atoms with Crippen molar-refractivity contribution >= 4 is 47.3 Å². The van der Waals surface area contributed by atoms with Gasteiger partial charge in [-0.15, -0.1) is 13.2 Å². The van der Waals surface area contributed by atoms with E-state index in [1.165, 1.54) is 32.5 Å². The molecule has 0 unspecified atom stereocenters. The first-order valence-corrected chi connectivity index (χ1v) is 25.5. The van der Waals surface area contributed by atoms with Crippen molar-refractivity contribution in [3.8, 4) is 28.1 Å². The lowest BCUT2D eigenvalue weighted by Crippen LogP contribution is -2.64. The molecule has 0 radical (unpaired) electrons. The molecule has 4 aliphatic rings. The quantitative estimate of drug-likeness (QED) is 0.106. The Morgan fingerprint density at radius 1 is 0.818 bits per heavy atom. The third-order valence-corrected chi connectivity index (χ3v) is 14.6. The minimum atomic E-state index is -5.07. The lowest BCUT2D eigenvalue weighted by molar-refractivity contribution is -0.274. The van der Waals surface area contributed by atoms with Crippen LogP contribution in [0.5, 0.6) is 5.75 Å². The van der Waals surface area contributed by atoms with Crippen molar-refractivity contribution in [2.45, 2.75) is 103 Å². The fourth-order valence-corrected chi connectivity index (χ4v) is 10.6. The maximum Gasteiger partial charge on any atom is 0.573 e. The molecule has 5 atom stereocenters. The van der Waals surface area contributed by atoms with Crippen molar-refractivity contribution in [2.75, 3.05) is 70.4 Å². The summed E-state index contributed by atoms with van der Waals surface area (Å²) in [6.07, 6.45) is -2.24. The predicted molar refractivity (Wildman–Crippen MR) is 273 cm³/mol. The number of rotatable bonds is 14. The van der Waals surface area contributed by atoms with Gasteiger partial charge in [0.25, 0.3) is 5.91 Å². The van der Waals surface area contributed by atoms with Crippen LogP contribution in [0.1, 0.15) is 83.0 Å². The van der Waals surface area contributed by atoms with Crippen LogP contribution in [0.2, 0.25) is 0 Å². The molecule has 4 N–H and O–H groups in total. The average Bonchev–Trinajstić information content (AvgIpc) is 4.26. The molecule has 6 amide bonds. The fraction of sp³-hybridized carbons (Fsp3) is 0.509. The van der Waals surface area contributed by atoms with E-state index in [0.29, 0.717) is 80.7 Å². The second-order valence-corrected chi connectivity index (χ2v) is 20.5. The number of aromatic nitrogens is 3. The number of imidazole rings is 1. The van der Waals surface area contributed by atoms with Crippen LogP contribution in [0.3, 0.4) is 0 Å². The Morgan fingerprint density at radius 2 is 1.47 bits per heavy atom. The van der Waals surface area contributed by atoms with Gasteiger partial charge >= 0.3 is 18.5 Å². The van der Waals surface area contributed by atoms with Crippen molar-refractivity contribution in [3.05, 3.63) is 78.4 Å². The van der Waals surface area contributed by atoms with E-state index in [4.69, 9.17) is 18.9 Å². The van der Waals surface area contributed by atoms with E-state index in [1.807, 2.05) is 25.7 Å². The van der Waals surface area contributed by atoms with Gasteiger partial charge in [0.1, 0.15) is 35.0 Å². The number of methoxy groups -OCH3 is 2. The number of alkyl halides is 3. The van der Waals surface area contributed by atoms with Crippen LogP contribution in [0.25, 0.3) is 22.4 Å². The predicted octanol–water partition coefficient (Wildman–Crippen LogP) is 6.49. The number of anilines is 2. The number of pyridine rings is 1. The number of halogens is 3. The summed E-state index contributed by atoms with van der Waals surface area (Å²) < 4.78 is 67.7. The fourth-order valence-electron chi connectivity index (χ4n) is 10.6. The van der Waals surface area contributed by atoms with Gasteiger partial charge in [0.15, 0.2) is 5.79 Å². The smallest absolute Gasteiger partial charge is 0.453 e. The molecule has 0 saturated carbocycles. The highest BCUT2D eigenvalue weighted by molar-refractivity contribution is 6.04. The zero-order valence-electron chi connectivity index (χ0n) is 44.2. The van der Waals surface area contributed by atoms with Gasteiger partial charge in [0.2, 0.25) is 17.7 Å². The number of aromatic amines is 1. The maximum atomic E-state index is 14.2. The van der Waals surface area contributed by atoms with Crippen molar-refractivity contribution in [1.82, 2.24) is 40.3 Å². The molecular weight excluding hydrogens is 1010 g/mol. The normalized spacial score (nSPS) is 21.1. The molecule has 24 heteroatoms. The van der Waals surface area contributed by atoms with Crippen LogP contribution in [0.4, 0.5) is 34.3 Å². The molecule has 4 fully saturated rings. The minimum Gasteiger partial charge on any atom is -0.453 e. The molecule has 4 aromatic rings.